The van der Waals surface area contributed by atoms with Crippen LogP contribution in [-0.2, 0) is 6.54 Å². The van der Waals surface area contributed by atoms with E-state index in [-0.39, 0.29) is 17.8 Å². The van der Waals surface area contributed by atoms with Crippen LogP contribution in [-0.4, -0.2) is 28.5 Å². The molecule has 4 nitrogen and oxygen atoms in total. The van der Waals surface area contributed by atoms with E-state index in [0.717, 1.165) is 30.6 Å². The van der Waals surface area contributed by atoms with Crippen LogP contribution in [0.5, 0.6) is 0 Å². The zero-order valence-corrected chi connectivity index (χ0v) is 13.2. The maximum Gasteiger partial charge on any atom is 0.132 e. The van der Waals surface area contributed by atoms with Crippen LogP contribution >= 0.6 is 0 Å². The quantitative estimate of drug-likeness (QED) is 0.657. The molecule has 0 radical (unpaired) electrons. The molecule has 5 heteroatoms. The molecule has 0 saturated carbocycles. The van der Waals surface area contributed by atoms with Gasteiger partial charge in [0.05, 0.1) is 11.9 Å². The van der Waals surface area contributed by atoms with Crippen LogP contribution < -0.4 is 5.32 Å². The monoisotopic (exact) mass is 305 g/mol. The average Bonchev–Trinajstić information content (AvgIpc) is 2.95. The summed E-state index contributed by atoms with van der Waals surface area (Å²) in [6, 6.07) is 6.68. The number of aliphatic hydroxyl groups excluding tert-OH is 1. The number of rotatable bonds is 8. The van der Waals surface area contributed by atoms with Crippen LogP contribution in [0.25, 0.3) is 11.3 Å². The number of nitrogens with one attached hydrogen (secondary N) is 2. The average molecular weight is 305 g/mol. The summed E-state index contributed by atoms with van der Waals surface area (Å²) < 4.78 is 13.9. The molecule has 1 aromatic heterocycles. The Balaban J connectivity index is 1.88. The van der Waals surface area contributed by atoms with Gasteiger partial charge in [-0.25, -0.2) is 4.39 Å². The topological polar surface area (TPSA) is 60.9 Å². The van der Waals surface area contributed by atoms with E-state index in [1.165, 1.54) is 6.07 Å². The van der Waals surface area contributed by atoms with E-state index in [2.05, 4.69) is 29.4 Å². The Morgan fingerprint density at radius 2 is 2.09 bits per heavy atom. The summed E-state index contributed by atoms with van der Waals surface area (Å²) in [4.78, 5) is 0. The zero-order valence-electron chi connectivity index (χ0n) is 13.2. The lowest BCUT2D eigenvalue weighted by molar-refractivity contribution is 0.148. The third-order valence-electron chi connectivity index (χ3n) is 3.81. The van der Waals surface area contributed by atoms with Gasteiger partial charge in [-0.1, -0.05) is 26.0 Å². The minimum absolute atomic E-state index is 0.0321. The van der Waals surface area contributed by atoms with Gasteiger partial charge in [-0.3, -0.25) is 5.10 Å². The maximum absolute atomic E-state index is 13.9. The number of hydrogen-bond donors (Lipinski definition) is 3. The molecule has 0 saturated heterocycles. The lowest BCUT2D eigenvalue weighted by Gasteiger charge is -2.21. The summed E-state index contributed by atoms with van der Waals surface area (Å²) in [5, 5.41) is 19.5. The molecule has 0 atom stereocenters. The number of aromatic amines is 1. The van der Waals surface area contributed by atoms with Gasteiger partial charge in [-0.05, 0) is 36.9 Å². The van der Waals surface area contributed by atoms with E-state index in [0.29, 0.717) is 12.1 Å². The summed E-state index contributed by atoms with van der Waals surface area (Å²) in [5.74, 6) is -0.252. The molecule has 2 aromatic rings. The predicted octanol–water partition coefficient (Wildman–Crippen LogP) is 3.10. The van der Waals surface area contributed by atoms with Crippen molar-refractivity contribution in [3.05, 3.63) is 41.8 Å². The number of aliphatic hydroxyl groups is 1. The van der Waals surface area contributed by atoms with E-state index < -0.39 is 0 Å². The third kappa shape index (κ3) is 4.39. The van der Waals surface area contributed by atoms with Crippen molar-refractivity contribution < 1.29 is 9.50 Å². The standard InChI is InChI=1S/C17H24FN3O/c1-17(2,12-22)8-5-9-19-10-13-11-20-21-16(13)14-6-3-4-7-15(14)18/h3-4,6-7,11,19,22H,5,8-10,12H2,1-2H3,(H,20,21). The van der Waals surface area contributed by atoms with Crippen molar-refractivity contribution in [3.8, 4) is 11.3 Å². The third-order valence-corrected chi connectivity index (χ3v) is 3.81. The first-order valence-corrected chi connectivity index (χ1v) is 7.62. The Hall–Kier alpha value is -1.72. The number of nitrogens with zero attached hydrogens (tertiary/aromatic N) is 1. The number of benzene rings is 1. The Bertz CT molecular complexity index is 595. The fourth-order valence-corrected chi connectivity index (χ4v) is 2.34. The van der Waals surface area contributed by atoms with Crippen molar-refractivity contribution in [1.82, 2.24) is 15.5 Å². The molecule has 120 valence electrons. The van der Waals surface area contributed by atoms with Crippen LogP contribution in [0.1, 0.15) is 32.3 Å². The van der Waals surface area contributed by atoms with E-state index >= 15 is 0 Å². The van der Waals surface area contributed by atoms with Gasteiger partial charge in [0.15, 0.2) is 0 Å². The second kappa shape index (κ2) is 7.51. The highest BCUT2D eigenvalue weighted by atomic mass is 19.1. The predicted molar refractivity (Wildman–Crippen MR) is 85.8 cm³/mol. The summed E-state index contributed by atoms with van der Waals surface area (Å²) in [7, 11) is 0. The molecule has 0 spiro atoms. The highest BCUT2D eigenvalue weighted by Gasteiger charge is 2.15. The molecule has 1 aromatic carbocycles. The molecule has 0 aliphatic rings. The molecule has 1 heterocycles. The Morgan fingerprint density at radius 3 is 2.82 bits per heavy atom. The Morgan fingerprint density at radius 1 is 1.32 bits per heavy atom. The molecular formula is C17H24FN3O. The normalized spacial score (nSPS) is 11.8. The molecule has 0 bridgehead atoms. The second-order valence-corrected chi connectivity index (χ2v) is 6.35. The van der Waals surface area contributed by atoms with Crippen molar-refractivity contribution in [3.63, 3.8) is 0 Å². The number of H-pyrrole nitrogens is 1. The smallest absolute Gasteiger partial charge is 0.132 e. The van der Waals surface area contributed by atoms with Crippen molar-refractivity contribution >= 4 is 0 Å². The van der Waals surface area contributed by atoms with Crippen molar-refractivity contribution in [2.45, 2.75) is 33.2 Å². The van der Waals surface area contributed by atoms with Crippen molar-refractivity contribution in [1.29, 1.82) is 0 Å². The van der Waals surface area contributed by atoms with Gasteiger partial charge in [-0.15, -0.1) is 0 Å². The van der Waals surface area contributed by atoms with Gasteiger partial charge >= 0.3 is 0 Å². The maximum atomic E-state index is 13.9. The summed E-state index contributed by atoms with van der Waals surface area (Å²) in [6.45, 7) is 5.80. The van der Waals surface area contributed by atoms with Crippen LogP contribution in [0.15, 0.2) is 30.5 Å². The van der Waals surface area contributed by atoms with Gasteiger partial charge in [0.25, 0.3) is 0 Å². The van der Waals surface area contributed by atoms with Gasteiger partial charge < -0.3 is 10.4 Å². The van der Waals surface area contributed by atoms with Crippen LogP contribution in [0.4, 0.5) is 4.39 Å². The number of aromatic nitrogens is 2. The Kier molecular flexibility index (Phi) is 5.69. The van der Waals surface area contributed by atoms with E-state index in [1.807, 2.05) is 6.07 Å². The molecule has 22 heavy (non-hydrogen) atoms. The molecule has 3 N–H and O–H groups in total. The molecule has 0 amide bonds. The van der Waals surface area contributed by atoms with Gasteiger partial charge in [0.1, 0.15) is 5.82 Å². The minimum atomic E-state index is -0.252. The van der Waals surface area contributed by atoms with Gasteiger partial charge in [-0.2, -0.15) is 5.10 Å². The summed E-state index contributed by atoms with van der Waals surface area (Å²) >= 11 is 0. The first-order valence-electron chi connectivity index (χ1n) is 7.62. The Labute approximate surface area is 130 Å². The summed E-state index contributed by atoms with van der Waals surface area (Å²) in [6.07, 6.45) is 3.68. The lowest BCUT2D eigenvalue weighted by atomic mass is 9.89. The van der Waals surface area contributed by atoms with Crippen LogP contribution in [0.3, 0.4) is 0 Å². The number of halogens is 1. The number of hydrogen-bond acceptors (Lipinski definition) is 3. The fraction of sp³-hybridized carbons (Fsp3) is 0.471. The lowest BCUT2D eigenvalue weighted by Crippen LogP contribution is -2.21. The second-order valence-electron chi connectivity index (χ2n) is 6.35. The van der Waals surface area contributed by atoms with Gasteiger partial charge in [0.2, 0.25) is 0 Å². The minimum Gasteiger partial charge on any atom is -0.396 e. The first-order chi connectivity index (χ1) is 10.5. The molecule has 0 aliphatic heterocycles. The molecule has 0 aliphatic carbocycles. The largest absolute Gasteiger partial charge is 0.396 e. The van der Waals surface area contributed by atoms with E-state index in [1.54, 1.807) is 18.3 Å². The molecular weight excluding hydrogens is 281 g/mol. The van der Waals surface area contributed by atoms with Crippen molar-refractivity contribution in [2.24, 2.45) is 5.41 Å². The van der Waals surface area contributed by atoms with Gasteiger partial charge in [0, 0.05) is 24.3 Å². The van der Waals surface area contributed by atoms with Crippen molar-refractivity contribution in [2.75, 3.05) is 13.2 Å². The zero-order chi connectivity index (χ0) is 16.0. The fourth-order valence-electron chi connectivity index (χ4n) is 2.34. The SMILES string of the molecule is CC(C)(CO)CCCNCc1cn[nH]c1-c1ccccc1F. The highest BCUT2D eigenvalue weighted by Crippen LogP contribution is 2.24. The first kappa shape index (κ1) is 16.6. The van der Waals surface area contributed by atoms with E-state index in [4.69, 9.17) is 0 Å². The van der Waals surface area contributed by atoms with Crippen LogP contribution in [0, 0.1) is 11.2 Å². The highest BCUT2D eigenvalue weighted by molar-refractivity contribution is 5.63. The molecule has 0 unspecified atom stereocenters. The van der Waals surface area contributed by atoms with Crippen LogP contribution in [0.2, 0.25) is 0 Å². The molecule has 2 rings (SSSR count). The van der Waals surface area contributed by atoms with E-state index in [9.17, 15) is 9.50 Å². The molecule has 0 fully saturated rings. The summed E-state index contributed by atoms with van der Waals surface area (Å²) in [5.41, 5.74) is 2.18.